The van der Waals surface area contributed by atoms with Crippen molar-refractivity contribution in [2.75, 3.05) is 6.61 Å². The molecule has 6 nitrogen and oxygen atoms in total. The van der Waals surface area contributed by atoms with Crippen LogP contribution in [0.25, 0.3) is 10.9 Å². The number of hydrogen-bond donors (Lipinski definition) is 2. The molecule has 0 aliphatic heterocycles. The Hall–Kier alpha value is -2.70. The van der Waals surface area contributed by atoms with Gasteiger partial charge in [0.25, 0.3) is 5.91 Å². The van der Waals surface area contributed by atoms with Crippen molar-refractivity contribution in [3.63, 3.8) is 0 Å². The number of nitrogens with two attached hydrogens (primary N) is 2. The van der Waals surface area contributed by atoms with Crippen LogP contribution in [0, 0.1) is 5.82 Å². The van der Waals surface area contributed by atoms with Crippen molar-refractivity contribution < 1.29 is 13.9 Å². The molecule has 1 amide bonds. The standard InChI is InChI=1S/C13H13FN4O2/c1-2-20-11-6-10(12(19)18-13(15)16)17-9-4-3-7(14)5-8(9)11/h3-6H,2H2,1H3,(H4,15,16,18,19). The first kappa shape index (κ1) is 13.7. The fourth-order valence-corrected chi connectivity index (χ4v) is 1.73. The van der Waals surface area contributed by atoms with Crippen molar-refractivity contribution in [1.82, 2.24) is 4.98 Å². The van der Waals surface area contributed by atoms with E-state index in [0.717, 1.165) is 0 Å². The lowest BCUT2D eigenvalue weighted by Gasteiger charge is -2.08. The summed E-state index contributed by atoms with van der Waals surface area (Å²) in [4.78, 5) is 19.3. The van der Waals surface area contributed by atoms with Gasteiger partial charge in [0.15, 0.2) is 5.96 Å². The summed E-state index contributed by atoms with van der Waals surface area (Å²) in [6.45, 7) is 2.15. The molecule has 0 atom stereocenters. The molecule has 0 unspecified atom stereocenters. The van der Waals surface area contributed by atoms with Gasteiger partial charge < -0.3 is 16.2 Å². The van der Waals surface area contributed by atoms with Crippen LogP contribution < -0.4 is 16.2 Å². The second-order valence-corrected chi connectivity index (χ2v) is 3.94. The minimum atomic E-state index is -0.683. The number of ether oxygens (including phenoxy) is 1. The second kappa shape index (κ2) is 5.52. The fraction of sp³-hybridized carbons (Fsp3) is 0.154. The van der Waals surface area contributed by atoms with E-state index in [-0.39, 0.29) is 11.7 Å². The van der Waals surface area contributed by atoms with Crippen molar-refractivity contribution in [2.45, 2.75) is 6.92 Å². The van der Waals surface area contributed by atoms with E-state index in [2.05, 4.69) is 9.98 Å². The Kier molecular flexibility index (Phi) is 3.79. The molecular weight excluding hydrogens is 263 g/mol. The summed E-state index contributed by atoms with van der Waals surface area (Å²) >= 11 is 0. The molecule has 0 aliphatic carbocycles. The van der Waals surface area contributed by atoms with Gasteiger partial charge in [0.05, 0.1) is 12.1 Å². The minimum absolute atomic E-state index is 0.0287. The summed E-state index contributed by atoms with van der Waals surface area (Å²) in [5.41, 5.74) is 10.8. The summed E-state index contributed by atoms with van der Waals surface area (Å²) in [7, 11) is 0. The molecular formula is C13H13FN4O2. The molecule has 1 heterocycles. The van der Waals surface area contributed by atoms with Gasteiger partial charge in [-0.05, 0) is 25.1 Å². The number of carbonyl (C=O) groups is 1. The maximum absolute atomic E-state index is 13.3. The first-order valence-corrected chi connectivity index (χ1v) is 5.88. The highest BCUT2D eigenvalue weighted by Gasteiger charge is 2.13. The van der Waals surface area contributed by atoms with Gasteiger partial charge in [-0.15, -0.1) is 0 Å². The van der Waals surface area contributed by atoms with Crippen molar-refractivity contribution in [2.24, 2.45) is 16.5 Å². The number of carbonyl (C=O) groups excluding carboxylic acids is 1. The third kappa shape index (κ3) is 2.82. The van der Waals surface area contributed by atoms with Gasteiger partial charge in [-0.1, -0.05) is 0 Å². The van der Waals surface area contributed by atoms with Crippen molar-refractivity contribution in [3.8, 4) is 5.75 Å². The summed E-state index contributed by atoms with van der Waals surface area (Å²) < 4.78 is 18.7. The molecule has 0 saturated heterocycles. The van der Waals surface area contributed by atoms with Crippen LogP contribution in [0.2, 0.25) is 0 Å². The quantitative estimate of drug-likeness (QED) is 0.647. The van der Waals surface area contributed by atoms with Crippen LogP contribution in [-0.4, -0.2) is 23.5 Å². The molecule has 0 aliphatic rings. The zero-order valence-corrected chi connectivity index (χ0v) is 10.8. The molecule has 20 heavy (non-hydrogen) atoms. The molecule has 0 saturated carbocycles. The average Bonchev–Trinajstić information content (AvgIpc) is 2.38. The highest BCUT2D eigenvalue weighted by Crippen LogP contribution is 2.26. The van der Waals surface area contributed by atoms with E-state index in [1.807, 2.05) is 0 Å². The Balaban J connectivity index is 2.61. The third-order valence-corrected chi connectivity index (χ3v) is 2.48. The van der Waals surface area contributed by atoms with Crippen LogP contribution in [0.1, 0.15) is 17.4 Å². The average molecular weight is 276 g/mol. The number of amides is 1. The lowest BCUT2D eigenvalue weighted by atomic mass is 10.1. The molecule has 104 valence electrons. The Morgan fingerprint density at radius 1 is 1.40 bits per heavy atom. The van der Waals surface area contributed by atoms with Crippen molar-refractivity contribution in [3.05, 3.63) is 35.8 Å². The monoisotopic (exact) mass is 276 g/mol. The molecule has 4 N–H and O–H groups in total. The van der Waals surface area contributed by atoms with E-state index in [1.165, 1.54) is 24.3 Å². The van der Waals surface area contributed by atoms with Crippen LogP contribution in [-0.2, 0) is 0 Å². The SMILES string of the molecule is CCOc1cc(C(=O)N=C(N)N)nc2ccc(F)cc12. The predicted molar refractivity (Wildman–Crippen MR) is 73.0 cm³/mol. The van der Waals surface area contributed by atoms with Gasteiger partial charge in [0.1, 0.15) is 17.3 Å². The molecule has 1 aromatic carbocycles. The lowest BCUT2D eigenvalue weighted by molar-refractivity contribution is 0.0998. The highest BCUT2D eigenvalue weighted by molar-refractivity contribution is 6.02. The first-order valence-electron chi connectivity index (χ1n) is 5.88. The molecule has 1 aromatic heterocycles. The van der Waals surface area contributed by atoms with Gasteiger partial charge in [-0.25, -0.2) is 9.37 Å². The Labute approximate surface area is 114 Å². The van der Waals surface area contributed by atoms with Crippen LogP contribution in [0.4, 0.5) is 4.39 Å². The number of guanidine groups is 1. The van der Waals surface area contributed by atoms with E-state index in [9.17, 15) is 9.18 Å². The fourth-order valence-electron chi connectivity index (χ4n) is 1.73. The van der Waals surface area contributed by atoms with E-state index >= 15 is 0 Å². The number of halogens is 1. The maximum atomic E-state index is 13.3. The maximum Gasteiger partial charge on any atom is 0.298 e. The number of nitrogens with zero attached hydrogens (tertiary/aromatic N) is 2. The highest BCUT2D eigenvalue weighted by atomic mass is 19.1. The van der Waals surface area contributed by atoms with E-state index < -0.39 is 11.7 Å². The van der Waals surface area contributed by atoms with Crippen molar-refractivity contribution in [1.29, 1.82) is 0 Å². The molecule has 0 bridgehead atoms. The summed E-state index contributed by atoms with van der Waals surface area (Å²) in [6.07, 6.45) is 0. The number of aliphatic imine (C=N–C) groups is 1. The zero-order chi connectivity index (χ0) is 14.7. The van der Waals surface area contributed by atoms with Gasteiger partial charge in [0.2, 0.25) is 0 Å². The molecule has 7 heteroatoms. The molecule has 0 fully saturated rings. The van der Waals surface area contributed by atoms with E-state index in [4.69, 9.17) is 16.2 Å². The number of benzene rings is 1. The van der Waals surface area contributed by atoms with Crippen LogP contribution in [0.3, 0.4) is 0 Å². The molecule has 0 spiro atoms. The van der Waals surface area contributed by atoms with Crippen LogP contribution >= 0.6 is 0 Å². The van der Waals surface area contributed by atoms with Gasteiger partial charge in [0, 0.05) is 11.5 Å². The third-order valence-electron chi connectivity index (χ3n) is 2.48. The summed E-state index contributed by atoms with van der Waals surface area (Å²) in [5, 5.41) is 0.480. The predicted octanol–water partition coefficient (Wildman–Crippen LogP) is 1.19. The molecule has 0 radical (unpaired) electrons. The molecule has 2 aromatic rings. The number of pyridine rings is 1. The smallest absolute Gasteiger partial charge is 0.298 e. The number of fused-ring (bicyclic) bond motifs is 1. The van der Waals surface area contributed by atoms with Crippen LogP contribution in [0.5, 0.6) is 5.75 Å². The first-order chi connectivity index (χ1) is 9.51. The Bertz CT molecular complexity index is 696. The topological polar surface area (TPSA) is 104 Å². The second-order valence-electron chi connectivity index (χ2n) is 3.94. The van der Waals surface area contributed by atoms with Gasteiger partial charge in [-0.3, -0.25) is 4.79 Å². The van der Waals surface area contributed by atoms with Crippen molar-refractivity contribution >= 4 is 22.8 Å². The summed E-state index contributed by atoms with van der Waals surface area (Å²) in [5.74, 6) is -1.10. The van der Waals surface area contributed by atoms with E-state index in [1.54, 1.807) is 6.92 Å². The largest absolute Gasteiger partial charge is 0.493 e. The normalized spacial score (nSPS) is 10.3. The van der Waals surface area contributed by atoms with E-state index in [0.29, 0.717) is 23.3 Å². The minimum Gasteiger partial charge on any atom is -0.493 e. The molecule has 2 rings (SSSR count). The lowest BCUT2D eigenvalue weighted by Crippen LogP contribution is -2.24. The zero-order valence-electron chi connectivity index (χ0n) is 10.8. The van der Waals surface area contributed by atoms with Gasteiger partial charge in [-0.2, -0.15) is 4.99 Å². The van der Waals surface area contributed by atoms with Crippen LogP contribution in [0.15, 0.2) is 29.3 Å². The summed E-state index contributed by atoms with van der Waals surface area (Å²) in [6, 6.07) is 5.39. The Morgan fingerprint density at radius 3 is 2.80 bits per heavy atom. The number of rotatable bonds is 3. The number of aromatic nitrogens is 1. The Morgan fingerprint density at radius 2 is 2.15 bits per heavy atom. The van der Waals surface area contributed by atoms with Gasteiger partial charge >= 0.3 is 0 Å². The number of hydrogen-bond acceptors (Lipinski definition) is 3.